The van der Waals surface area contributed by atoms with Gasteiger partial charge in [-0.25, -0.2) is 0 Å². The van der Waals surface area contributed by atoms with Crippen LogP contribution in [0.25, 0.3) is 0 Å². The van der Waals surface area contributed by atoms with Gasteiger partial charge in [0.15, 0.2) is 0 Å². The van der Waals surface area contributed by atoms with Crippen molar-refractivity contribution in [1.82, 2.24) is 0 Å². The molecule has 0 amide bonds. The molecule has 144 valence electrons. The van der Waals surface area contributed by atoms with E-state index >= 15 is 0 Å². The number of carbonyl (C=O) groups excluding carboxylic acids is 1. The fourth-order valence-electron chi connectivity index (χ4n) is 2.89. The number of halogens is 3. The minimum absolute atomic E-state index is 0. The summed E-state index contributed by atoms with van der Waals surface area (Å²) in [6, 6.07) is 25.9. The molecule has 0 aliphatic rings. The van der Waals surface area contributed by atoms with Crippen LogP contribution in [0.4, 0.5) is 13.2 Å². The van der Waals surface area contributed by atoms with E-state index in [-0.39, 0.29) is 20.4 Å². The maximum Gasteiger partial charge on any atom is 0 e. The normalized spacial score (nSPS) is 12.0. The van der Waals surface area contributed by atoms with Gasteiger partial charge in [-0.2, -0.15) is 0 Å². The Labute approximate surface area is 169 Å². The Morgan fingerprint density at radius 2 is 0.963 bits per heavy atom. The fourth-order valence-corrected chi connectivity index (χ4v) is 6.63. The van der Waals surface area contributed by atoms with Crippen LogP contribution in [0.15, 0.2) is 91.0 Å². The van der Waals surface area contributed by atoms with E-state index in [2.05, 4.69) is 0 Å². The van der Waals surface area contributed by atoms with Crippen molar-refractivity contribution in [2.24, 2.45) is 0 Å². The summed E-state index contributed by atoms with van der Waals surface area (Å²) in [5, 5.41) is 1.69. The predicted molar refractivity (Wildman–Crippen MR) is 98.7 cm³/mol. The maximum atomic E-state index is 13.1. The van der Waals surface area contributed by atoms with Gasteiger partial charge in [0.25, 0.3) is 0 Å². The molecular formula is C20H16F3O2PPd. The second kappa shape index (κ2) is 8.80. The Morgan fingerprint density at radius 3 is 1.22 bits per heavy atom. The van der Waals surface area contributed by atoms with Gasteiger partial charge in [0, 0.05) is 20.4 Å². The van der Waals surface area contributed by atoms with Gasteiger partial charge in [-0.3, -0.25) is 0 Å². The molecule has 0 fully saturated rings. The second-order valence-electron chi connectivity index (χ2n) is 5.67. The summed E-state index contributed by atoms with van der Waals surface area (Å²) in [5.41, 5.74) is 0. The summed E-state index contributed by atoms with van der Waals surface area (Å²) in [5.74, 6) is -2.18. The molecule has 0 saturated carbocycles. The minimum Gasteiger partial charge on any atom is 0 e. The Kier molecular flexibility index (Phi) is 6.95. The standard InChI is InChI=1S/C20H16F3O2P.Pd/c21-20(22,23)19(24)25-26(16-10-4-1-5-11-16,17-12-6-2-7-13-17)18-14-8-3-9-15-18;/h1-15,26H;. The molecule has 0 spiro atoms. The Bertz CT molecular complexity index is 775. The number of alkyl halides is 3. The largest absolute Gasteiger partial charge is 0 e. The summed E-state index contributed by atoms with van der Waals surface area (Å²) in [7, 11) is -3.67. The van der Waals surface area contributed by atoms with Crippen molar-refractivity contribution in [2.45, 2.75) is 6.18 Å². The minimum atomic E-state index is -5.07. The van der Waals surface area contributed by atoms with Crippen LogP contribution in [0.2, 0.25) is 0 Å². The first kappa shape index (κ1) is 21.3. The van der Waals surface area contributed by atoms with Crippen LogP contribution in [0.1, 0.15) is 0 Å². The second-order valence-corrected chi connectivity index (χ2v) is 8.97. The van der Waals surface area contributed by atoms with Crippen molar-refractivity contribution in [2.75, 3.05) is 0 Å². The van der Waals surface area contributed by atoms with Crippen LogP contribution in [-0.2, 0) is 29.7 Å². The molecule has 0 aliphatic heterocycles. The van der Waals surface area contributed by atoms with Crippen molar-refractivity contribution in [3.8, 4) is 0 Å². The van der Waals surface area contributed by atoms with Gasteiger partial charge in [-0.05, 0) is 0 Å². The first-order valence-corrected chi connectivity index (χ1v) is 9.82. The van der Waals surface area contributed by atoms with Gasteiger partial charge >= 0.3 is 149 Å². The third-order valence-electron chi connectivity index (χ3n) is 4.02. The Morgan fingerprint density at radius 1 is 0.667 bits per heavy atom. The number of hydrogen-bond acceptors (Lipinski definition) is 2. The summed E-state index contributed by atoms with van der Waals surface area (Å²) >= 11 is 0. The summed E-state index contributed by atoms with van der Waals surface area (Å²) in [6.07, 6.45) is -5.07. The maximum absolute atomic E-state index is 13.1. The van der Waals surface area contributed by atoms with E-state index in [1.54, 1.807) is 91.0 Å². The molecule has 0 unspecified atom stereocenters. The van der Waals surface area contributed by atoms with Crippen molar-refractivity contribution in [3.63, 3.8) is 0 Å². The van der Waals surface area contributed by atoms with Crippen molar-refractivity contribution >= 4 is 29.4 Å². The molecule has 0 atom stereocenters. The SMILES string of the molecule is O=C(O[PH](c1ccccc1)(c1ccccc1)c1ccccc1)C(F)(F)F.[Pd]. The van der Waals surface area contributed by atoms with Gasteiger partial charge in [-0.15, -0.1) is 0 Å². The van der Waals surface area contributed by atoms with Crippen LogP contribution in [-0.4, -0.2) is 12.1 Å². The quantitative estimate of drug-likeness (QED) is 0.418. The van der Waals surface area contributed by atoms with Crippen LogP contribution in [0.3, 0.4) is 0 Å². The van der Waals surface area contributed by atoms with E-state index in [0.717, 1.165) is 0 Å². The molecule has 0 N–H and O–H groups in total. The molecule has 2 nitrogen and oxygen atoms in total. The zero-order valence-electron chi connectivity index (χ0n) is 13.9. The molecular weight excluding hydrogens is 467 g/mol. The molecule has 3 aromatic carbocycles. The zero-order chi connectivity index (χ0) is 18.6. The van der Waals surface area contributed by atoms with Crippen LogP contribution in [0, 0.1) is 0 Å². The summed E-state index contributed by atoms with van der Waals surface area (Å²) in [4.78, 5) is 11.9. The molecule has 0 aromatic heterocycles. The van der Waals surface area contributed by atoms with Gasteiger partial charge in [-0.1, -0.05) is 0 Å². The number of carbonyl (C=O) groups is 1. The monoisotopic (exact) mass is 482 g/mol. The van der Waals surface area contributed by atoms with Crippen molar-refractivity contribution in [3.05, 3.63) is 91.0 Å². The van der Waals surface area contributed by atoms with Crippen LogP contribution >= 0.6 is 7.49 Å². The van der Waals surface area contributed by atoms with Crippen molar-refractivity contribution in [1.29, 1.82) is 0 Å². The third kappa shape index (κ3) is 4.47. The molecule has 0 bridgehead atoms. The summed E-state index contributed by atoms with van der Waals surface area (Å²) < 4.78 is 44.6. The van der Waals surface area contributed by atoms with E-state index in [9.17, 15) is 18.0 Å². The topological polar surface area (TPSA) is 26.3 Å². The molecule has 27 heavy (non-hydrogen) atoms. The average molecular weight is 483 g/mol. The van der Waals surface area contributed by atoms with E-state index in [1.165, 1.54) is 0 Å². The van der Waals surface area contributed by atoms with Crippen LogP contribution < -0.4 is 15.9 Å². The third-order valence-corrected chi connectivity index (χ3v) is 7.95. The first-order valence-electron chi connectivity index (χ1n) is 7.91. The summed E-state index contributed by atoms with van der Waals surface area (Å²) in [6.45, 7) is 0. The van der Waals surface area contributed by atoms with Gasteiger partial charge in [0.05, 0.1) is 0 Å². The van der Waals surface area contributed by atoms with Crippen molar-refractivity contribution < 1.29 is 42.9 Å². The molecule has 0 radical (unpaired) electrons. The van der Waals surface area contributed by atoms with E-state index in [1.807, 2.05) is 0 Å². The zero-order valence-corrected chi connectivity index (χ0v) is 16.5. The van der Waals surface area contributed by atoms with Gasteiger partial charge in [0.1, 0.15) is 0 Å². The molecule has 3 aromatic rings. The van der Waals surface area contributed by atoms with Gasteiger partial charge < -0.3 is 0 Å². The first-order chi connectivity index (χ1) is 12.4. The molecule has 0 aliphatic carbocycles. The average Bonchev–Trinajstić information content (AvgIpc) is 2.67. The number of rotatable bonds is 4. The molecule has 0 heterocycles. The number of benzene rings is 3. The predicted octanol–water partition coefficient (Wildman–Crippen LogP) is 3.73. The molecule has 3 rings (SSSR count). The smallest absolute Gasteiger partial charge is 0 e. The van der Waals surface area contributed by atoms with E-state index in [0.29, 0.717) is 15.9 Å². The van der Waals surface area contributed by atoms with Crippen LogP contribution in [0.5, 0.6) is 0 Å². The van der Waals surface area contributed by atoms with E-state index < -0.39 is 19.6 Å². The van der Waals surface area contributed by atoms with Gasteiger partial charge in [0.2, 0.25) is 0 Å². The van der Waals surface area contributed by atoms with E-state index in [4.69, 9.17) is 4.52 Å². The molecule has 7 heteroatoms. The Balaban J connectivity index is 0.00000261. The number of hydrogen-bond donors (Lipinski definition) is 0. The molecule has 0 saturated heterocycles. The Hall–Kier alpha value is -1.99. The fraction of sp³-hybridized carbons (Fsp3) is 0.0500.